The Morgan fingerprint density at radius 3 is 2.21 bits per heavy atom. The van der Waals surface area contributed by atoms with Gasteiger partial charge < -0.3 is 10.1 Å². The molecule has 0 radical (unpaired) electrons. The first-order valence-electron chi connectivity index (χ1n) is 7.61. The highest BCUT2D eigenvalue weighted by Crippen LogP contribution is 2.08. The topological polar surface area (TPSA) is 72.5 Å². The highest BCUT2D eigenvalue weighted by molar-refractivity contribution is 6.00. The molecule has 2 rings (SSSR count). The van der Waals surface area contributed by atoms with Gasteiger partial charge in [0.25, 0.3) is 5.91 Å². The summed E-state index contributed by atoms with van der Waals surface area (Å²) in [7, 11) is 0. The molecule has 24 heavy (non-hydrogen) atoms. The Bertz CT molecular complexity index is 723. The SMILES string of the molecule is Cc1ccc(C(=O)[C@@H](C)OC(=O)CNC(=O)c2ccccc2)cc1. The molecule has 0 heterocycles. The minimum absolute atomic E-state index is 0.280. The van der Waals surface area contributed by atoms with Gasteiger partial charge in [0, 0.05) is 11.1 Å². The third kappa shape index (κ3) is 4.78. The van der Waals surface area contributed by atoms with E-state index < -0.39 is 12.1 Å². The molecular weight excluding hydrogens is 306 g/mol. The van der Waals surface area contributed by atoms with E-state index in [1.165, 1.54) is 6.92 Å². The zero-order valence-corrected chi connectivity index (χ0v) is 13.6. The molecule has 0 aliphatic heterocycles. The van der Waals surface area contributed by atoms with Crippen LogP contribution < -0.4 is 5.32 Å². The summed E-state index contributed by atoms with van der Waals surface area (Å²) in [6.45, 7) is 3.14. The molecule has 5 nitrogen and oxygen atoms in total. The first-order chi connectivity index (χ1) is 11.5. The Morgan fingerprint density at radius 1 is 0.958 bits per heavy atom. The smallest absolute Gasteiger partial charge is 0.326 e. The van der Waals surface area contributed by atoms with Crippen LogP contribution in [0.15, 0.2) is 54.6 Å². The van der Waals surface area contributed by atoms with Gasteiger partial charge >= 0.3 is 5.97 Å². The number of carbonyl (C=O) groups excluding carboxylic acids is 3. The number of Topliss-reactive ketones (excluding diaryl/α,β-unsaturated/α-hetero) is 1. The van der Waals surface area contributed by atoms with Crippen LogP contribution in [0.5, 0.6) is 0 Å². The molecule has 0 bridgehead atoms. The standard InChI is InChI=1S/C19H19NO4/c1-13-8-10-15(11-9-13)18(22)14(2)24-17(21)12-20-19(23)16-6-4-3-5-7-16/h3-11,14H,12H2,1-2H3,(H,20,23)/t14-/m1/s1. The normalized spacial score (nSPS) is 11.4. The molecule has 1 amide bonds. The second kappa shape index (κ2) is 8.06. The van der Waals surface area contributed by atoms with Gasteiger partial charge in [0.05, 0.1) is 0 Å². The zero-order chi connectivity index (χ0) is 17.5. The monoisotopic (exact) mass is 325 g/mol. The quantitative estimate of drug-likeness (QED) is 0.654. The lowest BCUT2D eigenvalue weighted by Crippen LogP contribution is -2.34. The van der Waals surface area contributed by atoms with Crippen molar-refractivity contribution in [3.63, 3.8) is 0 Å². The molecule has 0 fully saturated rings. The predicted molar refractivity (Wildman–Crippen MR) is 89.8 cm³/mol. The summed E-state index contributed by atoms with van der Waals surface area (Å²) in [4.78, 5) is 35.8. The summed E-state index contributed by atoms with van der Waals surface area (Å²) < 4.78 is 5.08. The van der Waals surface area contributed by atoms with Gasteiger partial charge in [-0.05, 0) is 26.0 Å². The van der Waals surface area contributed by atoms with Crippen LogP contribution >= 0.6 is 0 Å². The van der Waals surface area contributed by atoms with Crippen molar-refractivity contribution in [3.8, 4) is 0 Å². The molecular formula is C19H19NO4. The summed E-state index contributed by atoms with van der Waals surface area (Å²) in [5, 5.41) is 2.47. The Labute approximate surface area is 140 Å². The van der Waals surface area contributed by atoms with Gasteiger partial charge in [-0.2, -0.15) is 0 Å². The van der Waals surface area contributed by atoms with Crippen molar-refractivity contribution in [2.45, 2.75) is 20.0 Å². The van der Waals surface area contributed by atoms with Crippen LogP contribution in [0.2, 0.25) is 0 Å². The number of hydrogen-bond donors (Lipinski definition) is 1. The lowest BCUT2D eigenvalue weighted by molar-refractivity contribution is -0.145. The minimum atomic E-state index is -0.908. The second-order valence-electron chi connectivity index (χ2n) is 5.41. The first kappa shape index (κ1) is 17.4. The average molecular weight is 325 g/mol. The van der Waals surface area contributed by atoms with E-state index in [2.05, 4.69) is 5.32 Å². The minimum Gasteiger partial charge on any atom is -0.453 e. The molecule has 1 N–H and O–H groups in total. The van der Waals surface area contributed by atoms with E-state index in [0.717, 1.165) is 5.56 Å². The Balaban J connectivity index is 1.84. The van der Waals surface area contributed by atoms with Gasteiger partial charge in [-0.15, -0.1) is 0 Å². The van der Waals surface area contributed by atoms with Crippen LogP contribution in [0.25, 0.3) is 0 Å². The molecule has 1 atom stereocenters. The number of carbonyl (C=O) groups is 3. The molecule has 5 heteroatoms. The van der Waals surface area contributed by atoms with E-state index in [1.54, 1.807) is 42.5 Å². The van der Waals surface area contributed by atoms with Crippen molar-refractivity contribution in [1.82, 2.24) is 5.32 Å². The van der Waals surface area contributed by atoms with Crippen molar-refractivity contribution in [3.05, 3.63) is 71.3 Å². The van der Waals surface area contributed by atoms with Crippen LogP contribution in [-0.2, 0) is 9.53 Å². The maximum absolute atomic E-state index is 12.2. The molecule has 0 spiro atoms. The number of ketones is 1. The number of esters is 1. The Morgan fingerprint density at radius 2 is 1.58 bits per heavy atom. The lowest BCUT2D eigenvalue weighted by atomic mass is 10.1. The Hall–Kier alpha value is -2.95. The number of benzene rings is 2. The fourth-order valence-electron chi connectivity index (χ4n) is 2.09. The first-order valence-corrected chi connectivity index (χ1v) is 7.61. The van der Waals surface area contributed by atoms with E-state index in [0.29, 0.717) is 11.1 Å². The van der Waals surface area contributed by atoms with Crippen LogP contribution in [0, 0.1) is 6.92 Å². The van der Waals surface area contributed by atoms with Crippen molar-refractivity contribution >= 4 is 17.7 Å². The third-order valence-corrected chi connectivity index (χ3v) is 3.44. The number of ether oxygens (including phenoxy) is 1. The molecule has 0 aliphatic carbocycles. The molecule has 0 saturated carbocycles. The van der Waals surface area contributed by atoms with E-state index >= 15 is 0 Å². The second-order valence-corrected chi connectivity index (χ2v) is 5.41. The van der Waals surface area contributed by atoms with Gasteiger partial charge in [0.15, 0.2) is 6.10 Å². The predicted octanol–water partition coefficient (Wildman–Crippen LogP) is 2.54. The van der Waals surface area contributed by atoms with Crippen LogP contribution in [0.3, 0.4) is 0 Å². The molecule has 0 aliphatic rings. The highest BCUT2D eigenvalue weighted by Gasteiger charge is 2.19. The maximum atomic E-state index is 12.2. The van der Waals surface area contributed by atoms with Crippen LogP contribution in [0.1, 0.15) is 33.2 Å². The maximum Gasteiger partial charge on any atom is 0.326 e. The number of hydrogen-bond acceptors (Lipinski definition) is 4. The average Bonchev–Trinajstić information content (AvgIpc) is 2.60. The van der Waals surface area contributed by atoms with Crippen LogP contribution in [0.4, 0.5) is 0 Å². The molecule has 0 unspecified atom stereocenters. The van der Waals surface area contributed by atoms with E-state index in [-0.39, 0.29) is 18.2 Å². The van der Waals surface area contributed by atoms with E-state index in [4.69, 9.17) is 4.74 Å². The lowest BCUT2D eigenvalue weighted by Gasteiger charge is -2.13. The van der Waals surface area contributed by atoms with E-state index in [1.807, 2.05) is 19.1 Å². The zero-order valence-electron chi connectivity index (χ0n) is 13.6. The summed E-state index contributed by atoms with van der Waals surface area (Å²) in [5.74, 6) is -1.31. The summed E-state index contributed by atoms with van der Waals surface area (Å²) in [6.07, 6.45) is -0.908. The van der Waals surface area contributed by atoms with Crippen molar-refractivity contribution in [1.29, 1.82) is 0 Å². The van der Waals surface area contributed by atoms with Gasteiger partial charge in [0.1, 0.15) is 6.54 Å². The number of aryl methyl sites for hydroxylation is 1. The molecule has 0 aromatic heterocycles. The summed E-state index contributed by atoms with van der Waals surface area (Å²) >= 11 is 0. The molecule has 0 saturated heterocycles. The fraction of sp³-hybridized carbons (Fsp3) is 0.211. The van der Waals surface area contributed by atoms with Gasteiger partial charge in [-0.1, -0.05) is 48.0 Å². The largest absolute Gasteiger partial charge is 0.453 e. The van der Waals surface area contributed by atoms with Gasteiger partial charge in [0.2, 0.25) is 5.78 Å². The summed E-state index contributed by atoms with van der Waals surface area (Å²) in [6, 6.07) is 15.6. The molecule has 124 valence electrons. The molecule has 2 aromatic carbocycles. The van der Waals surface area contributed by atoms with Crippen molar-refractivity contribution < 1.29 is 19.1 Å². The van der Waals surface area contributed by atoms with Gasteiger partial charge in [-0.25, -0.2) is 0 Å². The number of amides is 1. The van der Waals surface area contributed by atoms with E-state index in [9.17, 15) is 14.4 Å². The number of rotatable bonds is 6. The summed E-state index contributed by atoms with van der Waals surface area (Å²) in [5.41, 5.74) is 1.98. The number of nitrogens with one attached hydrogen (secondary N) is 1. The fourth-order valence-corrected chi connectivity index (χ4v) is 2.09. The van der Waals surface area contributed by atoms with Crippen molar-refractivity contribution in [2.75, 3.05) is 6.54 Å². The van der Waals surface area contributed by atoms with Crippen LogP contribution in [-0.4, -0.2) is 30.3 Å². The van der Waals surface area contributed by atoms with Crippen molar-refractivity contribution in [2.24, 2.45) is 0 Å². The molecule has 2 aromatic rings. The third-order valence-electron chi connectivity index (χ3n) is 3.44. The van der Waals surface area contributed by atoms with Gasteiger partial charge in [-0.3, -0.25) is 14.4 Å². The highest BCUT2D eigenvalue weighted by atomic mass is 16.5. The Kier molecular flexibility index (Phi) is 5.84.